The third-order valence-electron chi connectivity index (χ3n) is 6.66. The molecule has 0 spiro atoms. The maximum absolute atomic E-state index is 13.1. The second-order valence-corrected chi connectivity index (χ2v) is 12.1. The van der Waals surface area contributed by atoms with E-state index in [1.165, 1.54) is 0 Å². The number of nitrogens with zero attached hydrogens (tertiary/aromatic N) is 2. The van der Waals surface area contributed by atoms with Crippen LogP contribution in [0.3, 0.4) is 0 Å². The van der Waals surface area contributed by atoms with Gasteiger partial charge in [-0.15, -0.1) is 11.8 Å². The van der Waals surface area contributed by atoms with E-state index in [1.54, 1.807) is 6.92 Å². The molecule has 0 heterocycles. The number of carboxylic acid groups (broad SMARTS) is 1. The molecule has 0 saturated carbocycles. The summed E-state index contributed by atoms with van der Waals surface area (Å²) in [4.78, 5) is 25.8. The lowest BCUT2D eigenvalue weighted by molar-refractivity contribution is -0.902. The maximum atomic E-state index is 13.1. The lowest BCUT2D eigenvalue weighted by Crippen LogP contribution is -2.64. The molecule has 3 rings (SSSR count). The summed E-state index contributed by atoms with van der Waals surface area (Å²) in [6, 6.07) is 15.1. The minimum Gasteiger partial charge on any atom is -0.480 e. The number of hydrogen-bond donors (Lipinski definition) is 2. The number of quaternary nitrogens is 2. The Morgan fingerprint density at radius 2 is 1.43 bits per heavy atom. The van der Waals surface area contributed by atoms with E-state index in [1.807, 2.05) is 66.6 Å². The first-order chi connectivity index (χ1) is 17.3. The summed E-state index contributed by atoms with van der Waals surface area (Å²) in [6.07, 6.45) is -0.388. The number of carbonyl (C=O) groups is 2. The number of nitrogens with one attached hydrogen (secondary N) is 1. The predicted molar refractivity (Wildman–Crippen MR) is 146 cm³/mol. The third-order valence-corrected chi connectivity index (χ3v) is 6.66. The summed E-state index contributed by atoms with van der Waals surface area (Å²) >= 11 is 0. The van der Waals surface area contributed by atoms with Crippen molar-refractivity contribution >= 4 is 12.1 Å². The van der Waals surface area contributed by atoms with Crippen LogP contribution in [-0.2, 0) is 9.53 Å². The van der Waals surface area contributed by atoms with Gasteiger partial charge in [-0.3, -0.25) is 0 Å². The summed E-state index contributed by atoms with van der Waals surface area (Å²) < 4.78 is 6.78. The van der Waals surface area contributed by atoms with Crippen molar-refractivity contribution in [3.63, 3.8) is 0 Å². The molecule has 198 valence electrons. The van der Waals surface area contributed by atoms with Gasteiger partial charge < -0.3 is 24.1 Å². The fourth-order valence-corrected chi connectivity index (χ4v) is 5.83. The van der Waals surface area contributed by atoms with E-state index in [9.17, 15) is 14.7 Å². The summed E-state index contributed by atoms with van der Waals surface area (Å²) in [5.74, 6) is 4.85. The smallest absolute Gasteiger partial charge is 0.407 e. The van der Waals surface area contributed by atoms with Gasteiger partial charge in [0.1, 0.15) is 18.1 Å². The van der Waals surface area contributed by atoms with Crippen molar-refractivity contribution in [2.45, 2.75) is 25.3 Å². The van der Waals surface area contributed by atoms with Crippen LogP contribution in [0.25, 0.3) is 11.1 Å². The number of carbonyl (C=O) groups excluding carboxylic acids is 1. The number of aliphatic carboxylic acids is 1. The van der Waals surface area contributed by atoms with E-state index in [0.717, 1.165) is 22.3 Å². The molecule has 0 fully saturated rings. The Balaban J connectivity index is 1.87. The highest BCUT2D eigenvalue weighted by Crippen LogP contribution is 2.44. The molecule has 0 saturated heterocycles. The van der Waals surface area contributed by atoms with Gasteiger partial charge in [0.05, 0.1) is 55.4 Å². The van der Waals surface area contributed by atoms with Crippen LogP contribution in [0.15, 0.2) is 48.5 Å². The van der Waals surface area contributed by atoms with Crippen molar-refractivity contribution in [1.29, 1.82) is 0 Å². The first-order valence-electron chi connectivity index (χ1n) is 12.6. The normalized spacial score (nSPS) is 14.1. The van der Waals surface area contributed by atoms with Gasteiger partial charge in [0.25, 0.3) is 0 Å². The largest absolute Gasteiger partial charge is 0.480 e. The Labute approximate surface area is 221 Å². The molecule has 2 aromatic rings. The molecule has 37 heavy (non-hydrogen) atoms. The van der Waals surface area contributed by atoms with Crippen LogP contribution in [0.4, 0.5) is 4.79 Å². The SMILES string of the molecule is CC#CCC(C[N+](C)(C)C)(C[N+](C)(C)C)[C@@H](NC(=O)OCC1c2ccccc2-c2ccccc21)C(=O)O. The molecule has 2 aromatic carbocycles. The predicted octanol–water partition coefficient (Wildman–Crippen LogP) is 3.79. The highest BCUT2D eigenvalue weighted by Gasteiger charge is 2.51. The van der Waals surface area contributed by atoms with Crippen molar-refractivity contribution in [2.24, 2.45) is 5.41 Å². The summed E-state index contributed by atoms with van der Waals surface area (Å²) in [6.45, 7) is 2.89. The number of ether oxygens (including phenoxy) is 1. The maximum Gasteiger partial charge on any atom is 0.407 e. The van der Waals surface area contributed by atoms with Crippen molar-refractivity contribution in [3.05, 3.63) is 59.7 Å². The highest BCUT2D eigenvalue weighted by molar-refractivity contribution is 5.82. The standard InChI is InChI=1S/C30H39N3O4/c1-8-9-18-30(20-32(2,3)4,21-33(5,6)7)27(28(34)35)31-29(36)37-19-26-24-16-12-10-14-22(24)23-15-11-13-17-25(23)26/h10-17,26-27H,18-21H2,1-7H3/p+2/t27-/m0/s1. The van der Waals surface area contributed by atoms with Gasteiger partial charge in [-0.2, -0.15) is 0 Å². The molecule has 0 aliphatic heterocycles. The molecule has 1 aliphatic carbocycles. The summed E-state index contributed by atoms with van der Waals surface area (Å²) in [7, 11) is 12.1. The first-order valence-corrected chi connectivity index (χ1v) is 12.6. The van der Waals surface area contributed by atoms with Crippen molar-refractivity contribution in [1.82, 2.24) is 5.32 Å². The third kappa shape index (κ3) is 6.91. The van der Waals surface area contributed by atoms with Gasteiger partial charge >= 0.3 is 12.1 Å². The monoisotopic (exact) mass is 507 g/mol. The lowest BCUT2D eigenvalue weighted by Gasteiger charge is -2.44. The number of hydrogen-bond acceptors (Lipinski definition) is 3. The van der Waals surface area contributed by atoms with Gasteiger partial charge in [-0.05, 0) is 29.2 Å². The molecular weight excluding hydrogens is 466 g/mol. The molecule has 0 unspecified atom stereocenters. The molecular formula is C30H41N3O4+2. The highest BCUT2D eigenvalue weighted by atomic mass is 16.5. The van der Waals surface area contributed by atoms with Crippen LogP contribution >= 0.6 is 0 Å². The number of alkyl carbamates (subject to hydrolysis) is 1. The molecule has 7 nitrogen and oxygen atoms in total. The Hall–Kier alpha value is -3.34. The fourth-order valence-electron chi connectivity index (χ4n) is 5.83. The van der Waals surface area contributed by atoms with Crippen LogP contribution in [0.5, 0.6) is 0 Å². The van der Waals surface area contributed by atoms with E-state index < -0.39 is 23.5 Å². The van der Waals surface area contributed by atoms with Gasteiger partial charge in [-0.25, -0.2) is 9.59 Å². The van der Waals surface area contributed by atoms with Crippen molar-refractivity contribution in [2.75, 3.05) is 62.0 Å². The zero-order chi connectivity index (χ0) is 27.4. The van der Waals surface area contributed by atoms with Gasteiger partial charge in [0.15, 0.2) is 0 Å². The Bertz CT molecular complexity index is 1140. The van der Waals surface area contributed by atoms with Crippen LogP contribution in [-0.4, -0.2) is 94.2 Å². The number of amides is 1. The van der Waals surface area contributed by atoms with E-state index >= 15 is 0 Å². The molecule has 0 radical (unpaired) electrons. The van der Waals surface area contributed by atoms with Crippen LogP contribution < -0.4 is 5.32 Å². The molecule has 0 aromatic heterocycles. The van der Waals surface area contributed by atoms with E-state index in [4.69, 9.17) is 4.74 Å². The number of benzene rings is 2. The number of fused-ring (bicyclic) bond motifs is 3. The van der Waals surface area contributed by atoms with Gasteiger partial charge in [0.2, 0.25) is 0 Å². The molecule has 1 atom stereocenters. The van der Waals surface area contributed by atoms with Gasteiger partial charge in [-0.1, -0.05) is 48.5 Å². The molecule has 7 heteroatoms. The minimum atomic E-state index is -1.17. The van der Waals surface area contributed by atoms with Crippen molar-refractivity contribution < 1.29 is 28.4 Å². The molecule has 1 amide bonds. The molecule has 2 N–H and O–H groups in total. The average Bonchev–Trinajstić information content (AvgIpc) is 3.11. The first kappa shape index (κ1) is 28.2. The quantitative estimate of drug-likeness (QED) is 0.379. The minimum absolute atomic E-state index is 0.102. The zero-order valence-corrected chi connectivity index (χ0v) is 23.2. The number of carboxylic acids is 1. The Morgan fingerprint density at radius 3 is 1.86 bits per heavy atom. The lowest BCUT2D eigenvalue weighted by atomic mass is 9.75. The Kier molecular flexibility index (Phi) is 8.36. The summed E-state index contributed by atoms with van der Waals surface area (Å²) in [5.41, 5.74) is 3.66. The van der Waals surface area contributed by atoms with Crippen LogP contribution in [0.1, 0.15) is 30.4 Å². The number of rotatable bonds is 10. The topological polar surface area (TPSA) is 75.6 Å². The van der Waals surface area contributed by atoms with Gasteiger partial charge in [0, 0.05) is 12.3 Å². The van der Waals surface area contributed by atoms with E-state index in [0.29, 0.717) is 28.5 Å². The van der Waals surface area contributed by atoms with E-state index in [2.05, 4.69) is 41.4 Å². The fraction of sp³-hybridized carbons (Fsp3) is 0.467. The van der Waals surface area contributed by atoms with E-state index in [-0.39, 0.29) is 12.5 Å². The van der Waals surface area contributed by atoms with Crippen molar-refractivity contribution in [3.8, 4) is 23.0 Å². The molecule has 0 bridgehead atoms. The summed E-state index contributed by atoms with van der Waals surface area (Å²) in [5, 5.41) is 13.1. The second kappa shape index (κ2) is 11.0. The Morgan fingerprint density at radius 1 is 0.946 bits per heavy atom. The second-order valence-electron chi connectivity index (χ2n) is 12.1. The zero-order valence-electron chi connectivity index (χ0n) is 23.2. The average molecular weight is 508 g/mol. The van der Waals surface area contributed by atoms with Crippen LogP contribution in [0.2, 0.25) is 0 Å². The molecule has 1 aliphatic rings. The van der Waals surface area contributed by atoms with Crippen LogP contribution in [0, 0.1) is 17.3 Å².